The maximum Gasteiger partial charge on any atom is 0.257 e. The number of anilines is 1. The zero-order valence-corrected chi connectivity index (χ0v) is 31.3. The molecule has 2 aliphatic rings. The molecule has 12 nitrogen and oxygen atoms in total. The summed E-state index contributed by atoms with van der Waals surface area (Å²) >= 11 is 0. The number of ether oxygens (including phenoxy) is 3. The van der Waals surface area contributed by atoms with Crippen molar-refractivity contribution in [3.05, 3.63) is 89.5 Å². The van der Waals surface area contributed by atoms with Gasteiger partial charge in [0.1, 0.15) is 22.8 Å². The normalized spacial score (nSPS) is 15.7. The van der Waals surface area contributed by atoms with Crippen molar-refractivity contribution in [1.82, 2.24) is 29.5 Å². The number of benzene rings is 1. The van der Waals surface area contributed by atoms with Gasteiger partial charge in [0.2, 0.25) is 5.91 Å². The van der Waals surface area contributed by atoms with Crippen molar-refractivity contribution in [2.24, 2.45) is 0 Å². The van der Waals surface area contributed by atoms with E-state index < -0.39 is 6.10 Å². The molecule has 6 rings (SSSR count). The fourth-order valence-corrected chi connectivity index (χ4v) is 6.41. The summed E-state index contributed by atoms with van der Waals surface area (Å²) in [7, 11) is 3.22. The molecule has 1 aliphatic heterocycles. The van der Waals surface area contributed by atoms with Gasteiger partial charge in [-0.25, -0.2) is 11.0 Å². The van der Waals surface area contributed by atoms with Crippen LogP contribution in [0.25, 0.3) is 10.9 Å². The van der Waals surface area contributed by atoms with E-state index in [1.54, 1.807) is 31.5 Å². The van der Waals surface area contributed by atoms with Gasteiger partial charge in [-0.2, -0.15) is 12.0 Å². The number of carbonyl (C=O) groups excluding carboxylic acids is 2. The van der Waals surface area contributed by atoms with Crippen molar-refractivity contribution in [1.29, 1.82) is 0 Å². The van der Waals surface area contributed by atoms with E-state index in [1.807, 2.05) is 43.8 Å². The number of piperazine rings is 1. The van der Waals surface area contributed by atoms with E-state index in [0.29, 0.717) is 79.0 Å². The number of pyridine rings is 2. The van der Waals surface area contributed by atoms with Gasteiger partial charge in [0.15, 0.2) is 6.10 Å². The molecule has 2 amide bonds. The molecule has 1 saturated carbocycles. The third kappa shape index (κ3) is 7.42. The van der Waals surface area contributed by atoms with Crippen LogP contribution in [-0.4, -0.2) is 88.4 Å². The summed E-state index contributed by atoms with van der Waals surface area (Å²) in [6.07, 6.45) is 8.55. The molecule has 1 N–H and O–H groups in total. The predicted octanol–water partition coefficient (Wildman–Crippen LogP) is 5.23. The Bertz CT molecular complexity index is 1840. The molecule has 1 aromatic carbocycles. The van der Waals surface area contributed by atoms with Crippen molar-refractivity contribution in [3.63, 3.8) is 0 Å². The summed E-state index contributed by atoms with van der Waals surface area (Å²) in [6, 6.07) is 8.90. The number of hydrogen-bond acceptors (Lipinski definition) is 9. The monoisotopic (exact) mass is 928 g/mol. The standard InChI is InChI=1S/C37H44N7O5.Lr/c1-7-33(45)43-13-12-42(21-25(43)4)22-32(30-11-10-27(18-38-30)26-8-9-26)49-31-17-23(2)34(29-20-40-44(35(29)31)14-15-47-5)37(46)41-36-24(3)16-28(48-6)19-39-36;/h7,10-11,16-20,26,32H,1,8-9,12-15,21-22H2,2-6H3,(H,39,41,46);/q-1;/t32-;/m1./s1. The molecule has 1 atom stereocenters. The van der Waals surface area contributed by atoms with Crippen molar-refractivity contribution in [2.75, 3.05) is 52.3 Å². The molecule has 1 aliphatic carbocycles. The average molecular weight is 929 g/mol. The smallest absolute Gasteiger partial charge is 0.257 e. The summed E-state index contributed by atoms with van der Waals surface area (Å²) in [5, 5.41) is 8.31. The van der Waals surface area contributed by atoms with Crippen LogP contribution in [-0.2, 0) is 16.1 Å². The van der Waals surface area contributed by atoms with E-state index >= 15 is 0 Å². The van der Waals surface area contributed by atoms with Gasteiger partial charge in [-0.3, -0.25) is 19.3 Å². The first-order valence-electron chi connectivity index (χ1n) is 16.6. The van der Waals surface area contributed by atoms with Crippen LogP contribution >= 0.6 is 0 Å². The van der Waals surface area contributed by atoms with E-state index in [-0.39, 0.29) is 11.8 Å². The molecule has 0 bridgehead atoms. The molecule has 13 heteroatoms. The molecule has 4 aromatic rings. The van der Waals surface area contributed by atoms with E-state index in [9.17, 15) is 9.59 Å². The van der Waals surface area contributed by atoms with E-state index in [1.165, 1.54) is 24.5 Å². The molecule has 4 heterocycles. The van der Waals surface area contributed by atoms with Crippen LogP contribution in [0.5, 0.6) is 11.5 Å². The number of methoxy groups -OCH3 is 2. The van der Waals surface area contributed by atoms with Crippen molar-refractivity contribution < 1.29 is 23.8 Å². The Morgan fingerprint density at radius 1 is 1.10 bits per heavy atom. The van der Waals surface area contributed by atoms with Crippen LogP contribution in [0.1, 0.15) is 64.5 Å². The van der Waals surface area contributed by atoms with Crippen molar-refractivity contribution >= 4 is 28.5 Å². The first kappa shape index (κ1) is 35.5. The second kappa shape index (κ2) is 15.2. The Morgan fingerprint density at radius 2 is 1.90 bits per heavy atom. The van der Waals surface area contributed by atoms with Crippen LogP contribution in [0.2, 0.25) is 0 Å². The molecule has 0 unspecified atom stereocenters. The van der Waals surface area contributed by atoms with Gasteiger partial charge in [0, 0.05) is 38.3 Å². The van der Waals surface area contributed by atoms with Crippen LogP contribution in [0.4, 0.5) is 5.82 Å². The van der Waals surface area contributed by atoms with Gasteiger partial charge < -0.3 is 29.3 Å². The first-order chi connectivity index (χ1) is 23.7. The van der Waals surface area contributed by atoms with Gasteiger partial charge in [-0.05, 0) is 73.6 Å². The van der Waals surface area contributed by atoms with Gasteiger partial charge in [0.05, 0.1) is 43.9 Å². The van der Waals surface area contributed by atoms with E-state index in [4.69, 9.17) is 19.2 Å². The molecular formula is C37H44LrN7O5-. The SMILES string of the molecule is C=CC(=O)N1CCN(C[C@@H](Oc2cc(C)c(C(=O)Nc3ncc(OC)cc3C)c3cnn(CCOC)c23)c2ccc(C3CC3)cn2)C[C-]1C.[Lr]. The number of hydrogen-bond donors (Lipinski definition) is 1. The Labute approximate surface area is 287 Å². The fraction of sp³-hybridized carbons (Fsp3) is 0.405. The number of nitrogens with zero attached hydrogens (tertiary/aromatic N) is 6. The second-order valence-corrected chi connectivity index (χ2v) is 12.7. The predicted molar refractivity (Wildman–Crippen MR) is 187 cm³/mol. The minimum atomic E-state index is -0.443. The largest absolute Gasteiger partial charge is 0.495 e. The Balaban J connectivity index is 0.00000486. The maximum atomic E-state index is 13.9. The minimum absolute atomic E-state index is 0. The third-order valence-corrected chi connectivity index (χ3v) is 9.21. The van der Waals surface area contributed by atoms with Crippen LogP contribution in [0, 0.1) is 19.9 Å². The third-order valence-electron chi connectivity index (χ3n) is 9.21. The average Bonchev–Trinajstić information content (AvgIpc) is 3.87. The number of aryl methyl sites for hydroxylation is 2. The summed E-state index contributed by atoms with van der Waals surface area (Å²) < 4.78 is 19.4. The molecule has 1 radical (unpaired) electrons. The summed E-state index contributed by atoms with van der Waals surface area (Å²) in [4.78, 5) is 39.6. The summed E-state index contributed by atoms with van der Waals surface area (Å²) in [5.74, 6) is 1.85. The fourth-order valence-electron chi connectivity index (χ4n) is 6.41. The molecular weight excluding hydrogens is 884 g/mol. The first-order valence-corrected chi connectivity index (χ1v) is 16.6. The molecule has 50 heavy (non-hydrogen) atoms. The maximum absolute atomic E-state index is 13.9. The number of nitrogens with one attached hydrogen (secondary N) is 1. The minimum Gasteiger partial charge on any atom is -0.495 e. The van der Waals surface area contributed by atoms with Gasteiger partial charge in [0.25, 0.3) is 5.91 Å². The second-order valence-electron chi connectivity index (χ2n) is 12.7. The molecule has 3 aromatic heterocycles. The van der Waals surface area contributed by atoms with E-state index in [2.05, 4.69) is 39.0 Å². The quantitative estimate of drug-likeness (QED) is 0.142. The summed E-state index contributed by atoms with van der Waals surface area (Å²) in [5.41, 5.74) is 4.74. The molecule has 1 saturated heterocycles. The van der Waals surface area contributed by atoms with E-state index in [0.717, 1.165) is 22.9 Å². The topological polar surface area (TPSA) is 124 Å². The van der Waals surface area contributed by atoms with Gasteiger partial charge >= 0.3 is 0 Å². The number of fused-ring (bicyclic) bond motifs is 1. The number of carbonyl (C=O) groups is 2. The summed E-state index contributed by atoms with van der Waals surface area (Å²) in [6.45, 7) is 12.7. The van der Waals surface area contributed by atoms with Crippen LogP contribution < -0.4 is 14.8 Å². The van der Waals surface area contributed by atoms with Crippen molar-refractivity contribution in [3.8, 4) is 11.5 Å². The Kier molecular flexibility index (Phi) is 10.8. The molecule has 2 fully saturated rings. The zero-order valence-electron chi connectivity index (χ0n) is 29.1. The number of rotatable bonds is 13. The zero-order chi connectivity index (χ0) is 34.7. The van der Waals surface area contributed by atoms with Gasteiger partial charge in [-0.1, -0.05) is 12.6 Å². The van der Waals surface area contributed by atoms with Crippen LogP contribution in [0.3, 0.4) is 0 Å². The Hall–Kier alpha value is -5.81. The molecule has 0 spiro atoms. The van der Waals surface area contributed by atoms with Crippen molar-refractivity contribution in [2.45, 2.75) is 52.2 Å². The molecule has 273 valence electrons. The number of aromatic nitrogens is 4. The van der Waals surface area contributed by atoms with Gasteiger partial charge in [-0.15, -0.1) is 6.54 Å². The van der Waals surface area contributed by atoms with Crippen LogP contribution in [0.15, 0.2) is 55.5 Å². The Morgan fingerprint density at radius 3 is 2.54 bits per heavy atom. The number of amides is 2.